The van der Waals surface area contributed by atoms with Gasteiger partial charge in [-0.3, -0.25) is 0 Å². The van der Waals surface area contributed by atoms with Gasteiger partial charge in [0, 0.05) is 33.5 Å². The van der Waals surface area contributed by atoms with Gasteiger partial charge >= 0.3 is 0 Å². The van der Waals surface area contributed by atoms with Crippen molar-refractivity contribution < 1.29 is 0 Å². The zero-order chi connectivity index (χ0) is 48.2. The summed E-state index contributed by atoms with van der Waals surface area (Å²) in [6.07, 6.45) is 56.4. The first-order valence-corrected chi connectivity index (χ1v) is 28.0. The van der Waals surface area contributed by atoms with E-state index in [4.69, 9.17) is 6.58 Å². The summed E-state index contributed by atoms with van der Waals surface area (Å²) >= 11 is 0. The molecule has 2 aromatic rings. The second-order valence-corrected chi connectivity index (χ2v) is 24.9. The van der Waals surface area contributed by atoms with Crippen molar-refractivity contribution in [2.75, 3.05) is 4.90 Å². The van der Waals surface area contributed by atoms with Crippen LogP contribution in [0.4, 0.5) is 5.69 Å². The van der Waals surface area contributed by atoms with Gasteiger partial charge in [-0.25, -0.2) is 0 Å². The van der Waals surface area contributed by atoms with Crippen molar-refractivity contribution in [2.24, 2.45) is 5.41 Å². The quantitative estimate of drug-likeness (QED) is 0.285. The molecule has 1 aliphatic heterocycles. The maximum atomic E-state index is 4.83. The number of allylic oxidation sites excluding steroid dienone is 20. The molecule has 2 nitrogen and oxygen atoms in total. The Morgan fingerprint density at radius 2 is 1.53 bits per heavy atom. The number of hydrogen-bond donors (Lipinski definition) is 0. The fraction of sp³-hybridized carbons (Fsp3) is 0.471. The van der Waals surface area contributed by atoms with E-state index < -0.39 is 0 Å². The Balaban J connectivity index is 0.996. The molecule has 0 bridgehead atoms. The highest BCUT2D eigenvalue weighted by molar-refractivity contribution is 5.96. The maximum Gasteiger partial charge on any atom is 0.0517 e. The summed E-state index contributed by atoms with van der Waals surface area (Å²) in [6.45, 7) is 22.8. The van der Waals surface area contributed by atoms with Crippen molar-refractivity contribution in [3.63, 3.8) is 0 Å². The summed E-state index contributed by atoms with van der Waals surface area (Å²) in [5.41, 5.74) is 25.7. The van der Waals surface area contributed by atoms with Crippen LogP contribution >= 0.6 is 0 Å². The Kier molecular flexibility index (Phi) is 11.2. The monoisotopic (exact) mass is 925 g/mol. The molecular weight excluding hydrogens is 845 g/mol. The predicted molar refractivity (Wildman–Crippen MR) is 299 cm³/mol. The van der Waals surface area contributed by atoms with Gasteiger partial charge in [0.05, 0.1) is 11.6 Å². The first kappa shape index (κ1) is 46.0. The first-order chi connectivity index (χ1) is 33.7. The minimum atomic E-state index is -0.156. The van der Waals surface area contributed by atoms with Crippen molar-refractivity contribution in [2.45, 2.75) is 198 Å². The molecule has 0 radical (unpaired) electrons. The first-order valence-electron chi connectivity index (χ1n) is 28.0. The normalized spacial score (nSPS) is 31.4. The van der Waals surface area contributed by atoms with E-state index in [1.54, 1.807) is 33.4 Å². The van der Waals surface area contributed by atoms with E-state index in [1.165, 1.54) is 133 Å². The largest absolute Gasteiger partial charge is 0.362 e. The molecule has 0 aromatic heterocycles. The zero-order valence-corrected chi connectivity index (χ0v) is 44.0. The lowest BCUT2D eigenvalue weighted by Gasteiger charge is -2.58. The number of fused-ring (bicyclic) bond motifs is 8. The molecule has 70 heavy (non-hydrogen) atoms. The average Bonchev–Trinajstić information content (AvgIpc) is 3.92. The lowest BCUT2D eigenvalue weighted by molar-refractivity contribution is -0.0316. The molecular formula is C68H80N2. The van der Waals surface area contributed by atoms with Crippen molar-refractivity contribution in [1.82, 2.24) is 4.90 Å². The topological polar surface area (TPSA) is 6.48 Å². The summed E-state index contributed by atoms with van der Waals surface area (Å²) in [7, 11) is 0. The molecule has 362 valence electrons. The van der Waals surface area contributed by atoms with Crippen molar-refractivity contribution in [1.29, 1.82) is 0 Å². The summed E-state index contributed by atoms with van der Waals surface area (Å²) < 4.78 is 0. The Hall–Kier alpha value is -5.08. The van der Waals surface area contributed by atoms with Gasteiger partial charge in [-0.15, -0.1) is 0 Å². The molecule has 0 spiro atoms. The molecule has 4 unspecified atom stereocenters. The van der Waals surface area contributed by atoms with Crippen LogP contribution < -0.4 is 4.90 Å². The van der Waals surface area contributed by atoms with Crippen LogP contribution in [0.3, 0.4) is 0 Å². The summed E-state index contributed by atoms with van der Waals surface area (Å²) in [6, 6.07) is 10.9. The molecule has 0 amide bonds. The van der Waals surface area contributed by atoms with Crippen LogP contribution in [0, 0.1) is 5.41 Å². The summed E-state index contributed by atoms with van der Waals surface area (Å²) in [4.78, 5) is 5.67. The van der Waals surface area contributed by atoms with Gasteiger partial charge in [-0.2, -0.15) is 0 Å². The smallest absolute Gasteiger partial charge is 0.0517 e. The highest BCUT2D eigenvalue weighted by atomic mass is 15.3. The van der Waals surface area contributed by atoms with Crippen LogP contribution in [0.15, 0.2) is 155 Å². The Labute approximate surface area is 422 Å². The third-order valence-electron chi connectivity index (χ3n) is 20.6. The predicted octanol–water partition coefficient (Wildman–Crippen LogP) is 18.1. The molecule has 2 saturated carbocycles. The van der Waals surface area contributed by atoms with Gasteiger partial charge in [-0.1, -0.05) is 145 Å². The number of nitrogens with zero attached hydrogens (tertiary/aromatic N) is 2. The molecule has 2 fully saturated rings. The highest BCUT2D eigenvalue weighted by Gasteiger charge is 2.58. The molecule has 0 saturated heterocycles. The zero-order valence-electron chi connectivity index (χ0n) is 44.0. The molecule has 4 atom stereocenters. The number of rotatable bonds is 6. The van der Waals surface area contributed by atoms with E-state index in [2.05, 4.69) is 168 Å². The summed E-state index contributed by atoms with van der Waals surface area (Å²) in [5, 5.41) is 0. The Morgan fingerprint density at radius 1 is 0.714 bits per heavy atom. The van der Waals surface area contributed by atoms with E-state index in [0.717, 1.165) is 50.5 Å². The van der Waals surface area contributed by atoms with Gasteiger partial charge in [0.15, 0.2) is 0 Å². The molecule has 12 rings (SSSR count). The van der Waals surface area contributed by atoms with Gasteiger partial charge < -0.3 is 9.80 Å². The highest BCUT2D eigenvalue weighted by Crippen LogP contribution is 2.62. The van der Waals surface area contributed by atoms with E-state index in [-0.39, 0.29) is 27.3 Å². The van der Waals surface area contributed by atoms with E-state index in [1.807, 2.05) is 0 Å². The Morgan fingerprint density at radius 3 is 2.31 bits per heavy atom. The van der Waals surface area contributed by atoms with Crippen LogP contribution in [0.2, 0.25) is 0 Å². The van der Waals surface area contributed by atoms with Gasteiger partial charge in [-0.05, 0) is 224 Å². The second kappa shape index (κ2) is 17.0. The van der Waals surface area contributed by atoms with Crippen LogP contribution in [0.5, 0.6) is 0 Å². The second-order valence-electron chi connectivity index (χ2n) is 24.9. The summed E-state index contributed by atoms with van der Waals surface area (Å²) in [5.74, 6) is 0. The molecule has 9 aliphatic carbocycles. The lowest BCUT2D eigenvalue weighted by atomic mass is 9.61. The van der Waals surface area contributed by atoms with Crippen molar-refractivity contribution >= 4 is 16.8 Å². The van der Waals surface area contributed by atoms with Crippen LogP contribution in [-0.2, 0) is 17.3 Å². The SMILES string of the molecule is C=C1/C=C\C=C/CC2=C(C=C1C1=CC=C(N(C3C=CC=CC3)C3(C)CCCCC3(C)C)CC1)C(C)(C)c1c2cc(-c2ccc3c(c2)C2(C)CCCCC2(C)N3C2=CCCC=C2)c2c1CC1=C2CCCC1. The van der Waals surface area contributed by atoms with Crippen LogP contribution in [0.1, 0.15) is 192 Å². The number of benzene rings is 2. The molecule has 2 heteroatoms. The number of anilines is 1. The number of hydrogen-bond acceptors (Lipinski definition) is 2. The van der Waals surface area contributed by atoms with E-state index in [0.29, 0.717) is 6.04 Å². The van der Waals surface area contributed by atoms with Gasteiger partial charge in [0.25, 0.3) is 0 Å². The van der Waals surface area contributed by atoms with Crippen LogP contribution in [-0.4, -0.2) is 22.0 Å². The maximum absolute atomic E-state index is 4.83. The minimum absolute atomic E-state index is 0.0621. The molecule has 2 aromatic carbocycles. The van der Waals surface area contributed by atoms with Gasteiger partial charge in [0.2, 0.25) is 0 Å². The third kappa shape index (κ3) is 6.90. The molecule has 1 heterocycles. The molecule has 0 N–H and O–H groups in total. The van der Waals surface area contributed by atoms with E-state index in [9.17, 15) is 0 Å². The van der Waals surface area contributed by atoms with Gasteiger partial charge in [0.1, 0.15) is 0 Å². The average molecular weight is 925 g/mol. The fourth-order valence-electron chi connectivity index (χ4n) is 16.2. The van der Waals surface area contributed by atoms with Crippen LogP contribution in [0.25, 0.3) is 22.3 Å². The van der Waals surface area contributed by atoms with Crippen molar-refractivity contribution in [3.05, 3.63) is 183 Å². The lowest BCUT2D eigenvalue weighted by Crippen LogP contribution is -2.60. The standard InChI is InChI=1S/C68H80N2/c1-46-24-12-9-17-31-54-57-44-56(49-34-37-61-60(43-49)66(6)39-21-23-41-68(66,8)70(61)51-28-15-11-16-29-51)62-53-30-19-18-25-48(53)42-58(62)63(57)65(4,5)59(54)45-55(46)47-32-35-52(36-33-47)69(50-26-13-10-14-27-50)67(7)40-22-20-38-64(67,2)3/h9-10,12-15,17,24,26,28-29,32,34-35,37,43-45,50H,1,11,16,18-23,25,27,30-31,33,36,38-42H2,2-8H3/b17-9-,24-12-,55-45?. The van der Waals surface area contributed by atoms with E-state index >= 15 is 0 Å². The Bertz CT molecular complexity index is 2930. The molecule has 10 aliphatic rings. The minimum Gasteiger partial charge on any atom is -0.362 e. The van der Waals surface area contributed by atoms with Crippen molar-refractivity contribution in [3.8, 4) is 11.1 Å². The third-order valence-corrected chi connectivity index (χ3v) is 20.6. The fourth-order valence-corrected chi connectivity index (χ4v) is 16.2.